The Balaban J connectivity index is 1.22. The number of amides is 1. The molecule has 3 aliphatic rings. The number of carbonyl (C=O) groups is 1. The van der Waals surface area contributed by atoms with Gasteiger partial charge in [0.1, 0.15) is 30.1 Å². The number of likely N-dealkylation sites (tertiary alicyclic amines) is 1. The van der Waals surface area contributed by atoms with E-state index in [1.165, 1.54) is 0 Å². The summed E-state index contributed by atoms with van der Waals surface area (Å²) < 4.78 is 14.6. The molecule has 1 saturated carbocycles. The third-order valence-corrected chi connectivity index (χ3v) is 8.92. The quantitative estimate of drug-likeness (QED) is 0.461. The number of anilines is 1. The number of nitrogens with two attached hydrogens (primary N) is 2. The molecule has 2 aromatic heterocycles. The first-order chi connectivity index (χ1) is 18.8. The second-order valence-corrected chi connectivity index (χ2v) is 12.0. The van der Waals surface area contributed by atoms with Crippen LogP contribution < -0.4 is 16.2 Å². The molecule has 9 heteroatoms. The number of rotatable bonds is 7. The molecule has 0 bridgehead atoms. The van der Waals surface area contributed by atoms with Crippen molar-refractivity contribution in [3.8, 4) is 16.9 Å². The molecule has 4 heterocycles. The third kappa shape index (κ3) is 5.22. The number of nitrogen functional groups attached to an aromatic ring is 1. The molecular weight excluding hydrogens is 492 g/mol. The van der Waals surface area contributed by atoms with Crippen LogP contribution in [0.4, 0.5) is 5.82 Å². The summed E-state index contributed by atoms with van der Waals surface area (Å²) >= 11 is 0. The van der Waals surface area contributed by atoms with Crippen molar-refractivity contribution < 1.29 is 14.3 Å². The van der Waals surface area contributed by atoms with Gasteiger partial charge in [-0.25, -0.2) is 9.97 Å². The lowest BCUT2D eigenvalue weighted by molar-refractivity contribution is -0.123. The largest absolute Gasteiger partial charge is 0.491 e. The summed E-state index contributed by atoms with van der Waals surface area (Å²) in [5.41, 5.74) is 15.0. The molecule has 6 rings (SSSR count). The van der Waals surface area contributed by atoms with Crippen molar-refractivity contribution in [2.75, 3.05) is 18.9 Å². The predicted octanol–water partition coefficient (Wildman–Crippen LogP) is 4.45. The maximum Gasteiger partial charge on any atom is 0.234 e. The van der Waals surface area contributed by atoms with Crippen molar-refractivity contribution in [2.24, 2.45) is 5.73 Å². The molecule has 0 radical (unpaired) electrons. The van der Waals surface area contributed by atoms with Crippen LogP contribution in [-0.4, -0.2) is 62.3 Å². The first kappa shape index (κ1) is 26.1. The normalized spacial score (nSPS) is 27.2. The van der Waals surface area contributed by atoms with Crippen LogP contribution in [-0.2, 0) is 9.53 Å². The molecule has 39 heavy (non-hydrogen) atoms. The summed E-state index contributed by atoms with van der Waals surface area (Å²) in [6.07, 6.45) is 11.9. The molecule has 2 aliphatic heterocycles. The Labute approximate surface area is 229 Å². The Morgan fingerprint density at radius 1 is 1.13 bits per heavy atom. The van der Waals surface area contributed by atoms with Crippen LogP contribution in [0.5, 0.6) is 5.75 Å². The van der Waals surface area contributed by atoms with E-state index in [0.29, 0.717) is 24.5 Å². The average Bonchev–Trinajstić information content (AvgIpc) is 3.65. The molecular formula is C30H40N6O3. The lowest BCUT2D eigenvalue weighted by Gasteiger charge is -2.37. The molecule has 3 fully saturated rings. The first-order valence-electron chi connectivity index (χ1n) is 14.4. The molecule has 0 spiro atoms. The molecule has 2 atom stereocenters. The Bertz CT molecular complexity index is 1350. The Morgan fingerprint density at radius 3 is 2.67 bits per heavy atom. The minimum atomic E-state index is -0.186. The van der Waals surface area contributed by atoms with Crippen LogP contribution in [0.2, 0.25) is 0 Å². The molecule has 9 nitrogen and oxygen atoms in total. The second kappa shape index (κ2) is 10.4. The van der Waals surface area contributed by atoms with Crippen molar-refractivity contribution >= 4 is 22.8 Å². The fourth-order valence-corrected chi connectivity index (χ4v) is 6.94. The van der Waals surface area contributed by atoms with E-state index in [1.807, 2.05) is 12.1 Å². The summed E-state index contributed by atoms with van der Waals surface area (Å²) in [4.78, 5) is 23.3. The smallest absolute Gasteiger partial charge is 0.234 e. The van der Waals surface area contributed by atoms with Crippen LogP contribution in [0.3, 0.4) is 0 Å². The van der Waals surface area contributed by atoms with Gasteiger partial charge in [-0.05, 0) is 89.5 Å². The fraction of sp³-hybridized carbons (Fsp3) is 0.567. The minimum Gasteiger partial charge on any atom is -0.491 e. The van der Waals surface area contributed by atoms with Gasteiger partial charge in [-0.3, -0.25) is 9.69 Å². The average molecular weight is 533 g/mol. The summed E-state index contributed by atoms with van der Waals surface area (Å²) in [5, 5.41) is 0.881. The summed E-state index contributed by atoms with van der Waals surface area (Å²) in [7, 11) is 0. The maximum absolute atomic E-state index is 11.9. The molecule has 1 aliphatic carbocycles. The van der Waals surface area contributed by atoms with Crippen LogP contribution in [0.15, 0.2) is 36.8 Å². The Morgan fingerprint density at radius 2 is 1.92 bits per heavy atom. The van der Waals surface area contributed by atoms with E-state index >= 15 is 0 Å². The number of aromatic nitrogens is 3. The van der Waals surface area contributed by atoms with Gasteiger partial charge in [0.05, 0.1) is 23.1 Å². The fourth-order valence-electron chi connectivity index (χ4n) is 6.94. The summed E-state index contributed by atoms with van der Waals surface area (Å²) in [6.45, 7) is 5.77. The Kier molecular flexibility index (Phi) is 6.97. The van der Waals surface area contributed by atoms with Gasteiger partial charge in [-0.2, -0.15) is 0 Å². The van der Waals surface area contributed by atoms with E-state index in [9.17, 15) is 4.79 Å². The number of nitrogens with zero attached hydrogens (tertiary/aromatic N) is 4. The van der Waals surface area contributed by atoms with Crippen LogP contribution in [0, 0.1) is 0 Å². The number of carbonyl (C=O) groups excluding carboxylic acids is 1. The van der Waals surface area contributed by atoms with E-state index in [2.05, 4.69) is 51.6 Å². The zero-order valence-corrected chi connectivity index (χ0v) is 23.0. The number of ether oxygens (including phenoxy) is 2. The number of hydrogen-bond acceptors (Lipinski definition) is 7. The van der Waals surface area contributed by atoms with E-state index < -0.39 is 0 Å². The molecule has 3 aromatic rings. The monoisotopic (exact) mass is 532 g/mol. The zero-order valence-electron chi connectivity index (χ0n) is 23.0. The topological polar surface area (TPSA) is 122 Å². The van der Waals surface area contributed by atoms with Crippen LogP contribution >= 0.6 is 0 Å². The highest BCUT2D eigenvalue weighted by atomic mass is 16.6. The first-order valence-corrected chi connectivity index (χ1v) is 14.4. The number of fused-ring (bicyclic) bond motifs is 1. The van der Waals surface area contributed by atoms with Gasteiger partial charge in [-0.15, -0.1) is 0 Å². The van der Waals surface area contributed by atoms with E-state index in [0.717, 1.165) is 85.8 Å². The highest BCUT2D eigenvalue weighted by Crippen LogP contribution is 2.40. The lowest BCUT2D eigenvalue weighted by Crippen LogP contribution is -2.47. The third-order valence-electron chi connectivity index (χ3n) is 8.92. The second-order valence-electron chi connectivity index (χ2n) is 12.0. The Hall–Kier alpha value is -3.17. The highest BCUT2D eigenvalue weighted by Gasteiger charge is 2.37. The maximum atomic E-state index is 11.9. The van der Waals surface area contributed by atoms with Gasteiger partial charge < -0.3 is 25.5 Å². The molecule has 4 N–H and O–H groups in total. The van der Waals surface area contributed by atoms with Gasteiger partial charge in [0.25, 0.3) is 0 Å². The number of hydrogen-bond donors (Lipinski definition) is 2. The van der Waals surface area contributed by atoms with E-state index in [1.54, 1.807) is 6.33 Å². The van der Waals surface area contributed by atoms with E-state index in [4.69, 9.17) is 20.9 Å². The molecule has 1 amide bonds. The van der Waals surface area contributed by atoms with Crippen molar-refractivity contribution in [2.45, 2.75) is 95.0 Å². The van der Waals surface area contributed by atoms with Gasteiger partial charge in [0, 0.05) is 23.8 Å². The van der Waals surface area contributed by atoms with Gasteiger partial charge in [0.2, 0.25) is 5.91 Å². The summed E-state index contributed by atoms with van der Waals surface area (Å²) in [6, 6.07) is 8.76. The van der Waals surface area contributed by atoms with Crippen molar-refractivity contribution in [1.82, 2.24) is 19.4 Å². The van der Waals surface area contributed by atoms with Crippen molar-refractivity contribution in [3.63, 3.8) is 0 Å². The van der Waals surface area contributed by atoms with Crippen LogP contribution in [0.1, 0.15) is 71.3 Å². The lowest BCUT2D eigenvalue weighted by atomic mass is 9.89. The number of primary amides is 1. The highest BCUT2D eigenvalue weighted by molar-refractivity contribution is 6.00. The van der Waals surface area contributed by atoms with E-state index in [-0.39, 0.29) is 23.7 Å². The SMILES string of the molecule is CC1(C)CC[C@@H](COc2cccc(-c3cn(C4CCC(N5CCCC5C(N)=O)CC4)c4ncnc(N)c34)c2)O1. The number of benzene rings is 1. The molecule has 2 saturated heterocycles. The molecule has 1 unspecified atom stereocenters. The minimum absolute atomic E-state index is 0.0770. The van der Waals surface area contributed by atoms with Crippen molar-refractivity contribution in [3.05, 3.63) is 36.8 Å². The zero-order chi connectivity index (χ0) is 27.1. The van der Waals surface area contributed by atoms with Crippen LogP contribution in [0.25, 0.3) is 22.2 Å². The van der Waals surface area contributed by atoms with Gasteiger partial charge in [-0.1, -0.05) is 12.1 Å². The molecule has 1 aromatic carbocycles. The standard InChI is InChI=1S/C30H40N6O3/c1-30(2)13-12-23(39-30)17-38-22-6-3-5-19(15-22)24-16-36(29-26(24)27(31)33-18-34-29)21-10-8-20(9-11-21)35-14-4-7-25(35)28(32)37/h3,5-6,15-16,18,20-21,23,25H,4,7-14,17H2,1-2H3,(H2,32,37)(H2,31,33,34)/t20?,21?,23-,25?/m0/s1. The summed E-state index contributed by atoms with van der Waals surface area (Å²) in [5.74, 6) is 1.11. The predicted molar refractivity (Wildman–Crippen MR) is 151 cm³/mol. The molecule has 208 valence electrons. The van der Waals surface area contributed by atoms with Gasteiger partial charge in [0.15, 0.2) is 0 Å². The van der Waals surface area contributed by atoms with Crippen molar-refractivity contribution in [1.29, 1.82) is 0 Å². The van der Waals surface area contributed by atoms with Gasteiger partial charge >= 0.3 is 0 Å².